The molecule has 0 spiro atoms. The molecule has 6 nitrogen and oxygen atoms in total. The molecule has 0 fully saturated rings. The average molecular weight is 374 g/mol. The van der Waals surface area contributed by atoms with Crippen LogP contribution in [0.5, 0.6) is 5.75 Å². The molecule has 1 aliphatic rings. The average Bonchev–Trinajstić information content (AvgIpc) is 2.73. The lowest BCUT2D eigenvalue weighted by molar-refractivity contribution is 0.102. The van der Waals surface area contributed by atoms with E-state index >= 15 is 0 Å². The van der Waals surface area contributed by atoms with Crippen LogP contribution in [0.25, 0.3) is 0 Å². The number of fused-ring (bicyclic) bond motifs is 1. The molecule has 0 bridgehead atoms. The summed E-state index contributed by atoms with van der Waals surface area (Å²) in [6.45, 7) is 3.45. The zero-order valence-electron chi connectivity index (χ0n) is 16.0. The SMILES string of the molecule is COc1ccccc1NC(=O)c1cc(C)nc(N2CCc3ccccc3C2)n1. The number of carbonyl (C=O) groups excluding carboxylic acids is 1. The van der Waals surface area contributed by atoms with Gasteiger partial charge in [-0.15, -0.1) is 0 Å². The Hall–Kier alpha value is -3.41. The second-order valence-corrected chi connectivity index (χ2v) is 6.79. The van der Waals surface area contributed by atoms with Crippen LogP contribution in [0, 0.1) is 6.92 Å². The van der Waals surface area contributed by atoms with E-state index in [0.717, 1.165) is 25.2 Å². The van der Waals surface area contributed by atoms with Gasteiger partial charge in [-0.1, -0.05) is 36.4 Å². The van der Waals surface area contributed by atoms with Gasteiger partial charge >= 0.3 is 0 Å². The Bertz CT molecular complexity index is 1020. The molecule has 1 N–H and O–H groups in total. The molecule has 2 aromatic carbocycles. The third-order valence-electron chi connectivity index (χ3n) is 4.84. The van der Waals surface area contributed by atoms with E-state index in [9.17, 15) is 4.79 Å². The van der Waals surface area contributed by atoms with E-state index in [1.54, 1.807) is 25.3 Å². The lowest BCUT2D eigenvalue weighted by atomic mass is 10.0. The lowest BCUT2D eigenvalue weighted by Crippen LogP contribution is -2.32. The van der Waals surface area contributed by atoms with Crippen molar-refractivity contribution in [3.8, 4) is 5.75 Å². The van der Waals surface area contributed by atoms with Crippen molar-refractivity contribution in [3.05, 3.63) is 77.1 Å². The number of hydrogen-bond acceptors (Lipinski definition) is 5. The maximum Gasteiger partial charge on any atom is 0.274 e. The van der Waals surface area contributed by atoms with Crippen LogP contribution in [0.4, 0.5) is 11.6 Å². The highest BCUT2D eigenvalue weighted by Gasteiger charge is 2.20. The van der Waals surface area contributed by atoms with Gasteiger partial charge in [0.1, 0.15) is 11.4 Å². The lowest BCUT2D eigenvalue weighted by Gasteiger charge is -2.29. The molecule has 0 aliphatic carbocycles. The fourth-order valence-electron chi connectivity index (χ4n) is 3.41. The molecule has 142 valence electrons. The first kappa shape index (κ1) is 18.0. The molecule has 6 heteroatoms. The molecule has 4 rings (SSSR count). The van der Waals surface area contributed by atoms with Crippen molar-refractivity contribution < 1.29 is 9.53 Å². The summed E-state index contributed by atoms with van der Waals surface area (Å²) in [5, 5.41) is 2.88. The zero-order chi connectivity index (χ0) is 19.5. The molecule has 0 saturated carbocycles. The Labute approximate surface area is 164 Å². The summed E-state index contributed by atoms with van der Waals surface area (Å²) < 4.78 is 5.30. The number of aromatic nitrogens is 2. The minimum Gasteiger partial charge on any atom is -0.495 e. The van der Waals surface area contributed by atoms with Gasteiger partial charge in [0.25, 0.3) is 5.91 Å². The number of aryl methyl sites for hydroxylation is 1. The molecule has 0 saturated heterocycles. The third kappa shape index (κ3) is 3.67. The van der Waals surface area contributed by atoms with E-state index < -0.39 is 0 Å². The Kier molecular flexibility index (Phi) is 4.93. The van der Waals surface area contributed by atoms with Gasteiger partial charge in [-0.3, -0.25) is 4.79 Å². The van der Waals surface area contributed by atoms with Crippen LogP contribution in [-0.2, 0) is 13.0 Å². The minimum absolute atomic E-state index is 0.284. The second kappa shape index (κ2) is 7.68. The molecular weight excluding hydrogens is 352 g/mol. The van der Waals surface area contributed by atoms with Crippen LogP contribution in [0.1, 0.15) is 27.3 Å². The number of carbonyl (C=O) groups is 1. The van der Waals surface area contributed by atoms with Crippen molar-refractivity contribution >= 4 is 17.5 Å². The number of benzene rings is 2. The predicted molar refractivity (Wildman–Crippen MR) is 109 cm³/mol. The first-order valence-corrected chi connectivity index (χ1v) is 9.26. The van der Waals surface area contributed by atoms with E-state index in [-0.39, 0.29) is 5.91 Å². The van der Waals surface area contributed by atoms with Crippen molar-refractivity contribution in [1.82, 2.24) is 9.97 Å². The van der Waals surface area contributed by atoms with Crippen LogP contribution >= 0.6 is 0 Å². The summed E-state index contributed by atoms with van der Waals surface area (Å²) >= 11 is 0. The summed E-state index contributed by atoms with van der Waals surface area (Å²) in [7, 11) is 1.58. The smallest absolute Gasteiger partial charge is 0.274 e. The van der Waals surface area contributed by atoms with Crippen LogP contribution in [0.2, 0.25) is 0 Å². The number of nitrogens with zero attached hydrogens (tertiary/aromatic N) is 3. The first-order valence-electron chi connectivity index (χ1n) is 9.26. The highest BCUT2D eigenvalue weighted by atomic mass is 16.5. The van der Waals surface area contributed by atoms with Crippen LogP contribution in [-0.4, -0.2) is 29.5 Å². The summed E-state index contributed by atoms with van der Waals surface area (Å²) in [5.41, 5.74) is 4.35. The van der Waals surface area contributed by atoms with Crippen molar-refractivity contribution in [2.24, 2.45) is 0 Å². The van der Waals surface area contributed by atoms with E-state index in [2.05, 4.69) is 38.4 Å². The molecule has 0 atom stereocenters. The van der Waals surface area contributed by atoms with Crippen LogP contribution in [0.15, 0.2) is 54.6 Å². The van der Waals surface area contributed by atoms with Crippen molar-refractivity contribution in [3.63, 3.8) is 0 Å². The number of nitrogens with one attached hydrogen (secondary N) is 1. The maximum atomic E-state index is 12.8. The van der Waals surface area contributed by atoms with Gasteiger partial charge in [-0.2, -0.15) is 0 Å². The summed E-state index contributed by atoms with van der Waals surface area (Å²) in [5.74, 6) is 0.905. The second-order valence-electron chi connectivity index (χ2n) is 6.79. The highest BCUT2D eigenvalue weighted by Crippen LogP contribution is 2.25. The van der Waals surface area contributed by atoms with E-state index in [1.807, 2.05) is 25.1 Å². The predicted octanol–water partition coefficient (Wildman–Crippen LogP) is 3.61. The summed E-state index contributed by atoms with van der Waals surface area (Å²) in [6, 6.07) is 17.4. The number of hydrogen-bond donors (Lipinski definition) is 1. The highest BCUT2D eigenvalue weighted by molar-refractivity contribution is 6.03. The third-order valence-corrected chi connectivity index (χ3v) is 4.84. The first-order chi connectivity index (χ1) is 13.6. The van der Waals surface area contributed by atoms with Gasteiger partial charge in [-0.05, 0) is 42.7 Å². The Morgan fingerprint density at radius 1 is 1.07 bits per heavy atom. The van der Waals surface area contributed by atoms with Gasteiger partial charge in [0.05, 0.1) is 12.8 Å². The Balaban J connectivity index is 1.58. The number of amides is 1. The fourth-order valence-corrected chi connectivity index (χ4v) is 3.41. The van der Waals surface area contributed by atoms with E-state index in [4.69, 9.17) is 4.74 Å². The zero-order valence-corrected chi connectivity index (χ0v) is 16.0. The van der Waals surface area contributed by atoms with Crippen molar-refractivity contribution in [2.75, 3.05) is 23.9 Å². The van der Waals surface area contributed by atoms with Gasteiger partial charge in [0.2, 0.25) is 5.95 Å². The van der Waals surface area contributed by atoms with Gasteiger partial charge in [-0.25, -0.2) is 9.97 Å². The number of anilines is 2. The number of rotatable bonds is 4. The number of ether oxygens (including phenoxy) is 1. The van der Waals surface area contributed by atoms with Crippen LogP contribution in [0.3, 0.4) is 0 Å². The number of para-hydroxylation sites is 2. The molecule has 0 unspecified atom stereocenters. The maximum absolute atomic E-state index is 12.8. The standard InChI is InChI=1S/C22H22N4O2/c1-15-13-19(21(27)24-18-9-5-6-10-20(18)28-2)25-22(23-15)26-12-11-16-7-3-4-8-17(16)14-26/h3-10,13H,11-12,14H2,1-2H3,(H,24,27). The molecule has 3 aromatic rings. The molecule has 2 heterocycles. The largest absolute Gasteiger partial charge is 0.495 e. The van der Waals surface area contributed by atoms with Crippen molar-refractivity contribution in [1.29, 1.82) is 0 Å². The summed E-state index contributed by atoms with van der Waals surface area (Å²) in [6.07, 6.45) is 0.941. The minimum atomic E-state index is -0.284. The monoisotopic (exact) mass is 374 g/mol. The fraction of sp³-hybridized carbons (Fsp3) is 0.227. The number of methoxy groups -OCH3 is 1. The van der Waals surface area contributed by atoms with Gasteiger partial charge in [0.15, 0.2) is 0 Å². The van der Waals surface area contributed by atoms with Crippen LogP contribution < -0.4 is 15.0 Å². The van der Waals surface area contributed by atoms with Crippen molar-refractivity contribution in [2.45, 2.75) is 19.9 Å². The van der Waals surface area contributed by atoms with Gasteiger partial charge < -0.3 is 15.0 Å². The molecular formula is C22H22N4O2. The Morgan fingerprint density at radius 3 is 2.64 bits per heavy atom. The Morgan fingerprint density at radius 2 is 1.82 bits per heavy atom. The van der Waals surface area contributed by atoms with E-state index in [0.29, 0.717) is 23.1 Å². The molecule has 1 amide bonds. The van der Waals surface area contributed by atoms with Gasteiger partial charge in [0, 0.05) is 18.8 Å². The molecule has 1 aliphatic heterocycles. The molecule has 1 aromatic heterocycles. The topological polar surface area (TPSA) is 67.3 Å². The van der Waals surface area contributed by atoms with E-state index in [1.165, 1.54) is 11.1 Å². The summed E-state index contributed by atoms with van der Waals surface area (Å²) in [4.78, 5) is 24.0. The quantitative estimate of drug-likeness (QED) is 0.756. The molecule has 28 heavy (non-hydrogen) atoms. The normalized spacial score (nSPS) is 13.0. The molecule has 0 radical (unpaired) electrons.